The van der Waals surface area contributed by atoms with Crippen molar-refractivity contribution in [1.82, 2.24) is 15.2 Å². The van der Waals surface area contributed by atoms with Crippen LogP contribution >= 0.6 is 11.3 Å². The smallest absolute Gasteiger partial charge is 0.410 e. The molecule has 1 heterocycles. The molecule has 0 saturated heterocycles. The summed E-state index contributed by atoms with van der Waals surface area (Å²) in [5.74, 6) is 0.290. The Hall–Kier alpha value is -2.70. The van der Waals surface area contributed by atoms with Gasteiger partial charge in [-0.1, -0.05) is 67.6 Å². The standard InChI is InChI=1S/C23H27N3O2S/c1-19(12-24-13-20-8-4-2-5-9-20)15-26(16-21-10-6-3-7-11-21)23(27)28-17-22-14-25-18-29-22/h2-11,14,18-19,24H,12-13,15-17H2,1H3. The van der Waals surface area contributed by atoms with E-state index in [9.17, 15) is 4.79 Å². The lowest BCUT2D eigenvalue weighted by atomic mass is 10.1. The molecule has 0 spiro atoms. The number of amides is 1. The summed E-state index contributed by atoms with van der Waals surface area (Å²) in [6.07, 6.45) is 1.44. The zero-order chi connectivity index (χ0) is 20.3. The van der Waals surface area contributed by atoms with Gasteiger partial charge in [-0.2, -0.15) is 0 Å². The van der Waals surface area contributed by atoms with E-state index in [4.69, 9.17) is 4.74 Å². The molecular weight excluding hydrogens is 382 g/mol. The number of hydrogen-bond donors (Lipinski definition) is 1. The van der Waals surface area contributed by atoms with Crippen molar-refractivity contribution in [3.05, 3.63) is 88.4 Å². The predicted molar refractivity (Wildman–Crippen MR) is 116 cm³/mol. The molecule has 152 valence electrons. The van der Waals surface area contributed by atoms with Crippen LogP contribution in [0.2, 0.25) is 0 Å². The van der Waals surface area contributed by atoms with Crippen LogP contribution in [-0.4, -0.2) is 29.1 Å². The Morgan fingerprint density at radius 1 is 1.10 bits per heavy atom. The Kier molecular flexibility index (Phi) is 8.22. The number of nitrogens with zero attached hydrogens (tertiary/aromatic N) is 2. The van der Waals surface area contributed by atoms with Gasteiger partial charge < -0.3 is 15.0 Å². The minimum absolute atomic E-state index is 0.259. The molecule has 29 heavy (non-hydrogen) atoms. The Labute approximate surface area is 176 Å². The number of hydrogen-bond acceptors (Lipinski definition) is 5. The largest absolute Gasteiger partial charge is 0.444 e. The second-order valence-corrected chi connectivity index (χ2v) is 8.08. The van der Waals surface area contributed by atoms with E-state index in [0.717, 1.165) is 23.5 Å². The highest BCUT2D eigenvalue weighted by Crippen LogP contribution is 2.12. The zero-order valence-electron chi connectivity index (χ0n) is 16.7. The first-order valence-corrected chi connectivity index (χ1v) is 10.7. The third kappa shape index (κ3) is 7.33. The third-order valence-corrected chi connectivity index (χ3v) is 5.25. The van der Waals surface area contributed by atoms with Crippen LogP contribution in [0, 0.1) is 5.92 Å². The molecule has 0 aliphatic heterocycles. The quantitative estimate of drug-likeness (QED) is 0.527. The van der Waals surface area contributed by atoms with E-state index in [0.29, 0.717) is 19.0 Å². The number of carbonyl (C=O) groups excluding carboxylic acids is 1. The maximum absolute atomic E-state index is 12.7. The lowest BCUT2D eigenvalue weighted by Crippen LogP contribution is -2.37. The summed E-state index contributed by atoms with van der Waals surface area (Å²) in [4.78, 5) is 19.5. The van der Waals surface area contributed by atoms with Gasteiger partial charge in [0.05, 0.1) is 10.4 Å². The molecule has 0 aliphatic rings. The Morgan fingerprint density at radius 2 is 1.79 bits per heavy atom. The fourth-order valence-electron chi connectivity index (χ4n) is 3.04. The zero-order valence-corrected chi connectivity index (χ0v) is 17.5. The SMILES string of the molecule is CC(CNCc1ccccc1)CN(Cc1ccccc1)C(=O)OCc1cncs1. The minimum atomic E-state index is -0.294. The first-order valence-electron chi connectivity index (χ1n) is 9.78. The maximum atomic E-state index is 12.7. The number of carbonyl (C=O) groups is 1. The molecule has 1 amide bonds. The van der Waals surface area contributed by atoms with Crippen LogP contribution in [0.1, 0.15) is 22.9 Å². The lowest BCUT2D eigenvalue weighted by Gasteiger charge is -2.25. The van der Waals surface area contributed by atoms with E-state index in [2.05, 4.69) is 29.4 Å². The van der Waals surface area contributed by atoms with Gasteiger partial charge in [0.25, 0.3) is 0 Å². The van der Waals surface area contributed by atoms with Gasteiger partial charge in [-0.3, -0.25) is 4.98 Å². The van der Waals surface area contributed by atoms with E-state index in [-0.39, 0.29) is 12.7 Å². The van der Waals surface area contributed by atoms with Crippen LogP contribution < -0.4 is 5.32 Å². The van der Waals surface area contributed by atoms with Gasteiger partial charge in [0.2, 0.25) is 0 Å². The number of ether oxygens (including phenoxy) is 1. The average molecular weight is 410 g/mol. The summed E-state index contributed by atoms with van der Waals surface area (Å²) in [5, 5.41) is 3.48. The summed E-state index contributed by atoms with van der Waals surface area (Å²) in [5.41, 5.74) is 4.09. The molecule has 2 aromatic carbocycles. The molecule has 5 nitrogen and oxygen atoms in total. The topological polar surface area (TPSA) is 54.5 Å². The molecule has 1 N–H and O–H groups in total. The molecule has 0 radical (unpaired) electrons. The predicted octanol–water partition coefficient (Wildman–Crippen LogP) is 4.71. The second-order valence-electron chi connectivity index (χ2n) is 7.11. The van der Waals surface area contributed by atoms with Crippen LogP contribution in [-0.2, 0) is 24.4 Å². The van der Waals surface area contributed by atoms with E-state index in [1.54, 1.807) is 16.6 Å². The highest BCUT2D eigenvalue weighted by molar-refractivity contribution is 7.09. The molecule has 1 atom stereocenters. The van der Waals surface area contributed by atoms with Crippen molar-refractivity contribution in [2.45, 2.75) is 26.6 Å². The van der Waals surface area contributed by atoms with Crippen LogP contribution in [0.5, 0.6) is 0 Å². The summed E-state index contributed by atoms with van der Waals surface area (Å²) in [6.45, 7) is 5.20. The van der Waals surface area contributed by atoms with Gasteiger partial charge in [0, 0.05) is 25.8 Å². The van der Waals surface area contributed by atoms with Gasteiger partial charge in [-0.15, -0.1) is 11.3 Å². The molecule has 0 bridgehead atoms. The fraction of sp³-hybridized carbons (Fsp3) is 0.304. The van der Waals surface area contributed by atoms with Crippen molar-refractivity contribution >= 4 is 17.4 Å². The van der Waals surface area contributed by atoms with Crippen LogP contribution in [0.3, 0.4) is 0 Å². The van der Waals surface area contributed by atoms with Crippen molar-refractivity contribution in [3.8, 4) is 0 Å². The normalized spacial score (nSPS) is 11.8. The maximum Gasteiger partial charge on any atom is 0.410 e. The van der Waals surface area contributed by atoms with E-state index in [1.807, 2.05) is 48.5 Å². The van der Waals surface area contributed by atoms with Gasteiger partial charge in [-0.25, -0.2) is 4.79 Å². The second kappa shape index (κ2) is 11.3. The molecule has 0 aliphatic carbocycles. The van der Waals surface area contributed by atoms with E-state index in [1.165, 1.54) is 16.9 Å². The average Bonchev–Trinajstić information content (AvgIpc) is 3.27. The number of thiazole rings is 1. The molecule has 1 aromatic heterocycles. The Balaban J connectivity index is 1.53. The number of rotatable bonds is 10. The lowest BCUT2D eigenvalue weighted by molar-refractivity contribution is 0.0891. The Bertz CT molecular complexity index is 841. The van der Waals surface area contributed by atoms with Crippen molar-refractivity contribution in [2.75, 3.05) is 13.1 Å². The van der Waals surface area contributed by atoms with Crippen LogP contribution in [0.25, 0.3) is 0 Å². The summed E-state index contributed by atoms with van der Waals surface area (Å²) in [6, 6.07) is 20.3. The number of aromatic nitrogens is 1. The molecule has 0 fully saturated rings. The Morgan fingerprint density at radius 3 is 2.45 bits per heavy atom. The van der Waals surface area contributed by atoms with Crippen molar-refractivity contribution in [2.24, 2.45) is 5.92 Å². The first kappa shape index (κ1) is 21.0. The van der Waals surface area contributed by atoms with E-state index >= 15 is 0 Å². The molecular formula is C23H27N3O2S. The van der Waals surface area contributed by atoms with Gasteiger partial charge in [0.1, 0.15) is 6.61 Å². The van der Waals surface area contributed by atoms with Gasteiger partial charge in [0.15, 0.2) is 0 Å². The fourth-order valence-corrected chi connectivity index (χ4v) is 3.55. The van der Waals surface area contributed by atoms with Crippen molar-refractivity contribution < 1.29 is 9.53 Å². The molecule has 0 saturated carbocycles. The number of benzene rings is 2. The molecule has 1 unspecified atom stereocenters. The van der Waals surface area contributed by atoms with Crippen molar-refractivity contribution in [3.63, 3.8) is 0 Å². The minimum Gasteiger partial charge on any atom is -0.444 e. The summed E-state index contributed by atoms with van der Waals surface area (Å²) in [7, 11) is 0. The molecule has 6 heteroatoms. The van der Waals surface area contributed by atoms with Crippen LogP contribution in [0.4, 0.5) is 4.79 Å². The van der Waals surface area contributed by atoms with Gasteiger partial charge in [-0.05, 0) is 23.6 Å². The highest BCUT2D eigenvalue weighted by Gasteiger charge is 2.19. The van der Waals surface area contributed by atoms with Crippen LogP contribution in [0.15, 0.2) is 72.4 Å². The van der Waals surface area contributed by atoms with Crippen molar-refractivity contribution in [1.29, 1.82) is 0 Å². The number of nitrogens with one attached hydrogen (secondary N) is 1. The van der Waals surface area contributed by atoms with Gasteiger partial charge >= 0.3 is 6.09 Å². The van der Waals surface area contributed by atoms with E-state index < -0.39 is 0 Å². The highest BCUT2D eigenvalue weighted by atomic mass is 32.1. The molecule has 3 aromatic rings. The third-order valence-electron chi connectivity index (χ3n) is 4.49. The summed E-state index contributed by atoms with van der Waals surface area (Å²) >= 11 is 1.49. The first-order chi connectivity index (χ1) is 14.2. The molecule has 3 rings (SSSR count). The summed E-state index contributed by atoms with van der Waals surface area (Å²) < 4.78 is 5.53. The monoisotopic (exact) mass is 409 g/mol.